The number of hydrogen-bond acceptors (Lipinski definition) is 7. The van der Waals surface area contributed by atoms with E-state index in [1.165, 1.54) is 0 Å². The Balaban J connectivity index is 1.44. The number of carbonyl (C=O) groups excluding carboxylic acids is 2. The van der Waals surface area contributed by atoms with Gasteiger partial charge in [0.15, 0.2) is 0 Å². The first-order chi connectivity index (χ1) is 39.2. The van der Waals surface area contributed by atoms with Crippen LogP contribution in [0.4, 0.5) is 26.3 Å². The third-order valence-corrected chi connectivity index (χ3v) is 25.6. The van der Waals surface area contributed by atoms with Crippen molar-refractivity contribution in [3.8, 4) is 17.2 Å². The number of rotatable bonds is 22. The number of Topliss-reactive ketones (excluding diaryl/α,β-unsaturated/α-hetero) is 2. The predicted octanol–water partition coefficient (Wildman–Crippen LogP) is 14.4. The van der Waals surface area contributed by atoms with Gasteiger partial charge in [-0.25, -0.2) is 0 Å². The molecule has 0 aromatic heterocycles. The zero-order chi connectivity index (χ0) is 58.2. The monoisotopic (exact) mass is 1150 g/mol. The summed E-state index contributed by atoms with van der Waals surface area (Å²) in [5.41, 5.74) is -2.88. The molecule has 0 fully saturated rings. The van der Waals surface area contributed by atoms with Gasteiger partial charge in [-0.2, -0.15) is 0 Å². The summed E-state index contributed by atoms with van der Waals surface area (Å²) in [4.78, 5) is 31.8. The quantitative estimate of drug-likeness (QED) is 0.0289. The molecule has 0 radical (unpaired) electrons. The van der Waals surface area contributed by atoms with E-state index in [9.17, 15) is 0 Å². The van der Waals surface area contributed by atoms with E-state index in [0.29, 0.717) is 55.5 Å². The first-order valence-corrected chi connectivity index (χ1v) is 31.2. The van der Waals surface area contributed by atoms with Crippen LogP contribution >= 0.6 is 13.7 Å². The molecule has 82 heavy (non-hydrogen) atoms. The van der Waals surface area contributed by atoms with E-state index in [2.05, 4.69) is 0 Å². The first kappa shape index (κ1) is 58.8. The molecule has 16 heteroatoms. The summed E-state index contributed by atoms with van der Waals surface area (Å²) >= 11 is 0. The van der Waals surface area contributed by atoms with Crippen LogP contribution < -0.4 is 46.0 Å². The molecule has 0 spiro atoms. The topological polar surface area (TPSA) is 80.3 Å². The molecule has 0 aliphatic carbocycles. The number of alkyl halides is 6. The Morgan fingerprint density at radius 1 is 0.378 bits per heavy atom. The molecular formula is C66H59BF6O7P2. The van der Waals surface area contributed by atoms with Crippen molar-refractivity contribution in [2.75, 3.05) is 12.3 Å². The Morgan fingerprint density at radius 3 is 0.866 bits per heavy atom. The van der Waals surface area contributed by atoms with Gasteiger partial charge in [0.2, 0.25) is 0 Å². The van der Waals surface area contributed by atoms with Crippen molar-refractivity contribution < 1.29 is 58.9 Å². The normalized spacial score (nSPS) is 13.1. The number of ether oxygens (including phenoxy) is 2. The molecule has 9 aromatic rings. The van der Waals surface area contributed by atoms with Gasteiger partial charge in [0, 0.05) is 0 Å². The number of carbonyl (C=O) groups is 2. The molecule has 0 bridgehead atoms. The average molecular weight is 1150 g/mol. The van der Waals surface area contributed by atoms with Crippen LogP contribution in [0.1, 0.15) is 59.5 Å². The van der Waals surface area contributed by atoms with E-state index in [0.717, 1.165) is 0 Å². The Kier molecular flexibility index (Phi) is 17.2. The summed E-state index contributed by atoms with van der Waals surface area (Å²) in [7, 11) is -2.41. The Morgan fingerprint density at radius 2 is 0.634 bits per heavy atom. The third kappa shape index (κ3) is 11.8. The fourth-order valence-electron chi connectivity index (χ4n) is 10.6. The van der Waals surface area contributed by atoms with E-state index in [4.69, 9.17) is 23.0 Å². The van der Waals surface area contributed by atoms with Crippen LogP contribution in [0.2, 0.25) is 0 Å². The molecule has 0 N–H and O–H groups in total. The molecule has 0 saturated carbocycles. The number of halogens is 6. The Labute approximate surface area is 474 Å². The number of ketones is 2. The average Bonchev–Trinajstić information content (AvgIpc) is 1.33. The van der Waals surface area contributed by atoms with Gasteiger partial charge in [-0.3, -0.25) is 0 Å². The predicted molar refractivity (Wildman–Crippen MR) is 318 cm³/mol. The second kappa shape index (κ2) is 23.9. The molecular weight excluding hydrogens is 1090 g/mol. The van der Waals surface area contributed by atoms with E-state index >= 15 is 35.9 Å². The van der Waals surface area contributed by atoms with Crippen molar-refractivity contribution in [1.29, 1.82) is 0 Å². The van der Waals surface area contributed by atoms with Crippen molar-refractivity contribution in [3.63, 3.8) is 0 Å². The summed E-state index contributed by atoms with van der Waals surface area (Å²) in [6, 6.07) is 67.0. The molecule has 9 aromatic carbocycles. The van der Waals surface area contributed by atoms with Crippen LogP contribution in [0, 0.1) is 0 Å². The van der Waals surface area contributed by atoms with Crippen LogP contribution in [-0.2, 0) is 21.2 Å². The minimum atomic E-state index is -5.36. The van der Waals surface area contributed by atoms with E-state index in [1.54, 1.807) is 231 Å². The fourth-order valence-corrected chi connectivity index (χ4v) is 21.6. The summed E-state index contributed by atoms with van der Waals surface area (Å²) < 4.78 is 125. The van der Waals surface area contributed by atoms with E-state index < -0.39 is 74.1 Å². The van der Waals surface area contributed by atoms with Gasteiger partial charge in [-0.15, -0.1) is 0 Å². The van der Waals surface area contributed by atoms with Gasteiger partial charge in [0.1, 0.15) is 0 Å². The van der Waals surface area contributed by atoms with Gasteiger partial charge < -0.3 is 0 Å². The first-order valence-electron chi connectivity index (χ1n) is 26.5. The van der Waals surface area contributed by atoms with Crippen molar-refractivity contribution in [2.24, 2.45) is 0 Å². The second-order valence-corrected chi connectivity index (χ2v) is 29.3. The molecule has 0 atom stereocenters. The molecule has 0 saturated heterocycles. The van der Waals surface area contributed by atoms with Crippen LogP contribution in [0.3, 0.4) is 0 Å². The van der Waals surface area contributed by atoms with Gasteiger partial charge in [0.05, 0.1) is 0 Å². The minimum absolute atomic E-state index is 0.00567. The van der Waals surface area contributed by atoms with E-state index in [-0.39, 0.29) is 29.4 Å². The SMILES string of the molecule is CC(C)Oc1ccc(C(=O)CP(OB(Oc2cc(C(F)(F)F)cc(C(F)(F)F)c2)OP(CC(=O)c2ccc(OC(C)C)cc2)(c2ccccc2)(c2ccccc2)c2ccccc2)(c2ccccc2)(c2ccccc2)c2ccccc2)cc1. The van der Waals surface area contributed by atoms with Crippen LogP contribution in [0.15, 0.2) is 249 Å². The molecule has 0 unspecified atom stereocenters. The zero-order valence-corrected chi connectivity index (χ0v) is 47.1. The van der Waals surface area contributed by atoms with Gasteiger partial charge in [-0.05, 0) is 0 Å². The van der Waals surface area contributed by atoms with E-state index in [1.807, 2.05) is 27.7 Å². The molecule has 0 amide bonds. The second-order valence-electron chi connectivity index (χ2n) is 20.3. The maximum atomic E-state index is 15.9. The van der Waals surface area contributed by atoms with Gasteiger partial charge in [0.25, 0.3) is 0 Å². The standard InChI is InChI=1S/C66H59BF6O7P2/c1-48(2)76-54-39-35-50(36-40-54)63(74)46-81(57-23-11-5-12-24-57,58-25-13-6-14-26-58,59-27-15-7-16-28-59)79-67(78-56-44-52(65(68,69)70)43-53(45-56)66(71,72)73)80-82(60-29-17-8-18-30-60,61-31-19-9-20-32-61,62-33-21-10-22-34-62)47-64(75)51-37-41-55(42-38-51)77-49(3)4/h5-45,48-49H,46-47H2,1-4H3. The van der Waals surface area contributed by atoms with Crippen LogP contribution in [-0.4, -0.2) is 43.4 Å². The summed E-state index contributed by atoms with van der Waals surface area (Å²) in [6.07, 6.45) is -12.0. The summed E-state index contributed by atoms with van der Waals surface area (Å²) in [5.74, 6) is -0.871. The van der Waals surface area contributed by atoms with Crippen molar-refractivity contribution in [3.05, 3.63) is 271 Å². The van der Waals surface area contributed by atoms with Crippen LogP contribution in [0.5, 0.6) is 17.2 Å². The molecule has 7 nitrogen and oxygen atoms in total. The number of benzene rings is 9. The zero-order valence-electron chi connectivity index (χ0n) is 45.3. The molecule has 0 aliphatic rings. The van der Waals surface area contributed by atoms with Crippen molar-refractivity contribution in [1.82, 2.24) is 0 Å². The van der Waals surface area contributed by atoms with Crippen molar-refractivity contribution in [2.45, 2.75) is 52.3 Å². The van der Waals surface area contributed by atoms with Crippen LogP contribution in [0.25, 0.3) is 0 Å². The van der Waals surface area contributed by atoms with Gasteiger partial charge >= 0.3 is 476 Å². The molecule has 0 heterocycles. The third-order valence-electron chi connectivity index (χ3n) is 14.2. The fraction of sp³-hybridized carbons (Fsp3) is 0.152. The Hall–Kier alpha value is -7.86. The molecule has 0 aliphatic heterocycles. The Bertz CT molecular complexity index is 3170. The molecule has 9 rings (SSSR count). The summed E-state index contributed by atoms with van der Waals surface area (Å²) in [6.45, 7) is -3.23. The van der Waals surface area contributed by atoms with Gasteiger partial charge in [-0.1, -0.05) is 0 Å². The summed E-state index contributed by atoms with van der Waals surface area (Å²) in [5, 5.41) is 2.47. The maximum absolute atomic E-state index is 15.9. The number of hydrogen-bond donors (Lipinski definition) is 0. The molecule has 420 valence electrons. The van der Waals surface area contributed by atoms with Crippen molar-refractivity contribution >= 4 is 64.4 Å².